The number of nitrogens with two attached hydrogens (primary N) is 1. The van der Waals surface area contributed by atoms with E-state index in [0.717, 1.165) is 17.7 Å². The summed E-state index contributed by atoms with van der Waals surface area (Å²) in [4.78, 5) is 24.0. The molecule has 3 N–H and O–H groups in total. The second-order valence-electron chi connectivity index (χ2n) is 8.36. The van der Waals surface area contributed by atoms with E-state index in [2.05, 4.69) is 29.0 Å². The number of rotatable bonds is 3. The van der Waals surface area contributed by atoms with Crippen molar-refractivity contribution in [2.75, 3.05) is 5.73 Å². The van der Waals surface area contributed by atoms with Crippen molar-refractivity contribution < 1.29 is 14.6 Å². The molecule has 1 aromatic carbocycles. The van der Waals surface area contributed by atoms with Crippen LogP contribution >= 0.6 is 0 Å². The van der Waals surface area contributed by atoms with Crippen LogP contribution in [0.5, 0.6) is 5.88 Å². The fraction of sp³-hybridized carbons (Fsp3) is 0.364. The Morgan fingerprint density at radius 3 is 2.52 bits per heavy atom. The summed E-state index contributed by atoms with van der Waals surface area (Å²) in [6.07, 6.45) is 5.32. The molecular formula is C22H24N4O3. The van der Waals surface area contributed by atoms with E-state index < -0.39 is 11.6 Å². The molecule has 0 saturated carbocycles. The Labute approximate surface area is 169 Å². The maximum absolute atomic E-state index is 11.2. The summed E-state index contributed by atoms with van der Waals surface area (Å²) >= 11 is 0. The number of aliphatic imine (C=N–C) groups is 1. The van der Waals surface area contributed by atoms with E-state index >= 15 is 0 Å². The molecule has 150 valence electrons. The average Bonchev–Trinajstić information content (AvgIpc) is 2.67. The number of allylic oxidation sites excluding steroid dienone is 1. The van der Waals surface area contributed by atoms with E-state index in [4.69, 9.17) is 15.5 Å². The quantitative estimate of drug-likeness (QED) is 0.822. The molecule has 2 heterocycles. The molecule has 1 unspecified atom stereocenters. The second kappa shape index (κ2) is 6.69. The van der Waals surface area contributed by atoms with Crippen molar-refractivity contribution in [2.24, 2.45) is 4.99 Å². The van der Waals surface area contributed by atoms with Gasteiger partial charge < -0.3 is 15.6 Å². The van der Waals surface area contributed by atoms with Gasteiger partial charge in [-0.2, -0.15) is 4.98 Å². The number of carboxylic acid groups (broad SMARTS) is 1. The SMILES string of the molecule is CC1(C)Oc2ncnc(N)c2N=C1c1ccc(C2(C)CC=C(C(=O)O)CC2)cc1. The van der Waals surface area contributed by atoms with Gasteiger partial charge in [-0.15, -0.1) is 0 Å². The third-order valence-corrected chi connectivity index (χ3v) is 5.84. The number of carboxylic acids is 1. The lowest BCUT2D eigenvalue weighted by Crippen LogP contribution is -2.41. The van der Waals surface area contributed by atoms with Crippen LogP contribution < -0.4 is 10.5 Å². The van der Waals surface area contributed by atoms with E-state index in [1.807, 2.05) is 32.1 Å². The Balaban J connectivity index is 1.66. The zero-order valence-corrected chi connectivity index (χ0v) is 16.8. The lowest BCUT2D eigenvalue weighted by Gasteiger charge is -2.34. The minimum Gasteiger partial charge on any atom is -0.478 e. The van der Waals surface area contributed by atoms with Gasteiger partial charge in [0, 0.05) is 11.1 Å². The smallest absolute Gasteiger partial charge is 0.331 e. The Kier molecular flexibility index (Phi) is 4.41. The van der Waals surface area contributed by atoms with Crippen molar-refractivity contribution >= 4 is 23.2 Å². The van der Waals surface area contributed by atoms with Crippen molar-refractivity contribution in [2.45, 2.75) is 51.0 Å². The molecule has 0 radical (unpaired) electrons. The van der Waals surface area contributed by atoms with Gasteiger partial charge in [-0.1, -0.05) is 37.3 Å². The summed E-state index contributed by atoms with van der Waals surface area (Å²) in [7, 11) is 0. The van der Waals surface area contributed by atoms with Gasteiger partial charge >= 0.3 is 5.97 Å². The first-order chi connectivity index (χ1) is 13.7. The molecule has 0 spiro atoms. The fourth-order valence-electron chi connectivity index (χ4n) is 3.95. The van der Waals surface area contributed by atoms with E-state index in [9.17, 15) is 9.90 Å². The molecule has 29 heavy (non-hydrogen) atoms. The van der Waals surface area contributed by atoms with Gasteiger partial charge in [0.05, 0.1) is 5.71 Å². The predicted octanol–water partition coefficient (Wildman–Crippen LogP) is 3.80. The highest BCUT2D eigenvalue weighted by Crippen LogP contribution is 2.41. The van der Waals surface area contributed by atoms with Gasteiger partial charge in [-0.25, -0.2) is 14.8 Å². The number of hydrogen-bond donors (Lipinski definition) is 2. The van der Waals surface area contributed by atoms with Crippen molar-refractivity contribution in [1.82, 2.24) is 9.97 Å². The molecule has 1 aliphatic carbocycles. The third kappa shape index (κ3) is 3.37. The monoisotopic (exact) mass is 392 g/mol. The van der Waals surface area contributed by atoms with Crippen LogP contribution in [0.1, 0.15) is 51.2 Å². The normalized spacial score (nSPS) is 22.7. The highest BCUT2D eigenvalue weighted by atomic mass is 16.5. The van der Waals surface area contributed by atoms with Crippen LogP contribution in [-0.2, 0) is 10.2 Å². The number of fused-ring (bicyclic) bond motifs is 1. The van der Waals surface area contributed by atoms with Crippen molar-refractivity contribution in [1.29, 1.82) is 0 Å². The molecule has 0 fully saturated rings. The van der Waals surface area contributed by atoms with Crippen LogP contribution in [0.3, 0.4) is 0 Å². The Morgan fingerprint density at radius 2 is 1.90 bits per heavy atom. The van der Waals surface area contributed by atoms with E-state index in [1.54, 1.807) is 0 Å². The van der Waals surface area contributed by atoms with Crippen LogP contribution in [-0.4, -0.2) is 32.4 Å². The number of carbonyl (C=O) groups is 1. The number of aromatic nitrogens is 2. The first kappa shape index (κ1) is 19.1. The summed E-state index contributed by atoms with van der Waals surface area (Å²) in [5.41, 5.74) is 9.06. The topological polar surface area (TPSA) is 111 Å². The van der Waals surface area contributed by atoms with Crippen LogP contribution in [0.25, 0.3) is 0 Å². The molecular weight excluding hydrogens is 368 g/mol. The first-order valence-corrected chi connectivity index (χ1v) is 9.61. The molecule has 0 bridgehead atoms. The Bertz CT molecular complexity index is 1040. The second-order valence-corrected chi connectivity index (χ2v) is 8.36. The van der Waals surface area contributed by atoms with Gasteiger partial charge in [-0.05, 0) is 44.1 Å². The number of nitrogens with zero attached hydrogens (tertiary/aromatic N) is 3. The van der Waals surface area contributed by atoms with E-state index in [1.165, 1.54) is 11.9 Å². The minimum atomic E-state index is -0.816. The van der Waals surface area contributed by atoms with Gasteiger partial charge in [0.2, 0.25) is 5.88 Å². The number of anilines is 1. The number of hydrogen-bond acceptors (Lipinski definition) is 6. The lowest BCUT2D eigenvalue weighted by atomic mass is 9.71. The van der Waals surface area contributed by atoms with Crippen LogP contribution in [0, 0.1) is 0 Å². The Hall–Kier alpha value is -3.22. The summed E-state index contributed by atoms with van der Waals surface area (Å²) in [6, 6.07) is 8.25. The molecule has 7 heteroatoms. The van der Waals surface area contributed by atoms with E-state index in [-0.39, 0.29) is 11.2 Å². The van der Waals surface area contributed by atoms with Crippen LogP contribution in [0.4, 0.5) is 11.5 Å². The summed E-state index contributed by atoms with van der Waals surface area (Å²) < 4.78 is 6.04. The largest absolute Gasteiger partial charge is 0.478 e. The molecule has 0 amide bonds. The Morgan fingerprint density at radius 1 is 1.17 bits per heavy atom. The summed E-state index contributed by atoms with van der Waals surface area (Å²) in [5.74, 6) is -0.141. The number of aliphatic carboxylic acids is 1. The zero-order valence-electron chi connectivity index (χ0n) is 16.8. The highest BCUT2D eigenvalue weighted by molar-refractivity contribution is 6.09. The van der Waals surface area contributed by atoms with Gasteiger partial charge in [0.25, 0.3) is 0 Å². The maximum Gasteiger partial charge on any atom is 0.331 e. The van der Waals surface area contributed by atoms with Gasteiger partial charge in [0.15, 0.2) is 11.5 Å². The average molecular weight is 392 g/mol. The zero-order chi connectivity index (χ0) is 20.8. The molecule has 7 nitrogen and oxygen atoms in total. The number of nitrogen functional groups attached to an aromatic ring is 1. The standard InChI is InChI=1S/C22H24N4O3/c1-21(2)17(26-16-18(23)24-12-25-19(16)29-21)13-4-6-15(7-5-13)22(3)10-8-14(9-11-22)20(27)28/h4-8,12H,9-11H2,1-3H3,(H,27,28)(H2,23,24,25). The molecule has 0 saturated heterocycles. The van der Waals surface area contributed by atoms with Crippen LogP contribution in [0.2, 0.25) is 0 Å². The number of ether oxygens (including phenoxy) is 1. The van der Waals surface area contributed by atoms with E-state index in [0.29, 0.717) is 30.0 Å². The first-order valence-electron chi connectivity index (χ1n) is 9.61. The van der Waals surface area contributed by atoms with Gasteiger partial charge in [0.1, 0.15) is 11.9 Å². The van der Waals surface area contributed by atoms with Crippen molar-refractivity contribution in [3.05, 3.63) is 53.4 Å². The number of benzene rings is 1. The molecule has 1 aliphatic heterocycles. The fourth-order valence-corrected chi connectivity index (χ4v) is 3.95. The molecule has 2 aromatic rings. The summed E-state index contributed by atoms with van der Waals surface area (Å²) in [6.45, 7) is 6.07. The predicted molar refractivity (Wildman–Crippen MR) is 111 cm³/mol. The molecule has 1 aromatic heterocycles. The van der Waals surface area contributed by atoms with Crippen LogP contribution in [0.15, 0.2) is 47.2 Å². The minimum absolute atomic E-state index is 0.0806. The molecule has 1 atom stereocenters. The maximum atomic E-state index is 11.2. The van der Waals surface area contributed by atoms with Gasteiger partial charge in [-0.3, -0.25) is 0 Å². The summed E-state index contributed by atoms with van der Waals surface area (Å²) in [5, 5.41) is 9.19. The molecule has 4 rings (SSSR count). The third-order valence-electron chi connectivity index (χ3n) is 5.84. The lowest BCUT2D eigenvalue weighted by molar-refractivity contribution is -0.132. The highest BCUT2D eigenvalue weighted by Gasteiger charge is 2.36. The van der Waals surface area contributed by atoms with Crippen molar-refractivity contribution in [3.63, 3.8) is 0 Å². The van der Waals surface area contributed by atoms with Crippen molar-refractivity contribution in [3.8, 4) is 5.88 Å². The molecule has 2 aliphatic rings.